The van der Waals surface area contributed by atoms with Crippen LogP contribution in [0.5, 0.6) is 0 Å². The Morgan fingerprint density at radius 1 is 1.22 bits per heavy atom. The maximum atomic E-state index is 13.1. The topological polar surface area (TPSA) is 37.3 Å². The van der Waals surface area contributed by atoms with Gasteiger partial charge < -0.3 is 9.88 Å². The highest BCUT2D eigenvalue weighted by Gasteiger charge is 2.26. The number of likely N-dealkylation sites (tertiary alicyclic amines) is 1. The van der Waals surface area contributed by atoms with Crippen LogP contribution in [-0.4, -0.2) is 17.6 Å². The molecule has 1 saturated heterocycles. The summed E-state index contributed by atoms with van der Waals surface area (Å²) in [6, 6.07) is 4.88. The van der Waals surface area contributed by atoms with Crippen molar-refractivity contribution in [3.05, 3.63) is 44.7 Å². The molecular formula is C20H29N2O+. The van der Waals surface area contributed by atoms with E-state index in [1.165, 1.54) is 32.2 Å². The lowest BCUT2D eigenvalue weighted by molar-refractivity contribution is -0.944. The Morgan fingerprint density at radius 2 is 2.00 bits per heavy atom. The third kappa shape index (κ3) is 3.07. The molecule has 3 heteroatoms. The van der Waals surface area contributed by atoms with E-state index >= 15 is 0 Å². The van der Waals surface area contributed by atoms with E-state index < -0.39 is 0 Å². The molecule has 1 aromatic heterocycles. The molecule has 1 fully saturated rings. The third-order valence-corrected chi connectivity index (χ3v) is 5.54. The molecule has 2 atom stereocenters. The fraction of sp³-hybridized carbons (Fsp3) is 0.550. The van der Waals surface area contributed by atoms with Crippen LogP contribution in [0, 0.1) is 20.8 Å². The summed E-state index contributed by atoms with van der Waals surface area (Å²) >= 11 is 0. The number of aromatic nitrogens is 1. The van der Waals surface area contributed by atoms with Gasteiger partial charge in [-0.05, 0) is 63.6 Å². The first kappa shape index (κ1) is 16.3. The van der Waals surface area contributed by atoms with E-state index in [-0.39, 0.29) is 5.43 Å². The van der Waals surface area contributed by atoms with Crippen molar-refractivity contribution in [2.45, 2.75) is 66.0 Å². The summed E-state index contributed by atoms with van der Waals surface area (Å²) in [6.07, 6.45) is 5.13. The first-order valence-electron chi connectivity index (χ1n) is 8.98. The van der Waals surface area contributed by atoms with Crippen LogP contribution >= 0.6 is 0 Å². The molecule has 124 valence electrons. The van der Waals surface area contributed by atoms with Gasteiger partial charge in [-0.1, -0.05) is 13.0 Å². The van der Waals surface area contributed by atoms with Crippen LogP contribution in [0.1, 0.15) is 55.0 Å². The van der Waals surface area contributed by atoms with E-state index in [0.717, 1.165) is 39.8 Å². The molecule has 0 saturated carbocycles. The van der Waals surface area contributed by atoms with Crippen molar-refractivity contribution in [2.24, 2.45) is 0 Å². The molecule has 0 spiro atoms. The summed E-state index contributed by atoms with van der Waals surface area (Å²) in [5.74, 6) is 0. The van der Waals surface area contributed by atoms with Gasteiger partial charge in [-0.25, -0.2) is 0 Å². The van der Waals surface area contributed by atoms with Crippen LogP contribution in [0.2, 0.25) is 0 Å². The lowest BCUT2D eigenvalue weighted by atomic mass is 9.98. The maximum Gasteiger partial charge on any atom is 0.198 e. The Bertz CT molecular complexity index is 775. The SMILES string of the molecule is CCC1CCCC[NH+]1Cc1c(C)[nH]c2c(C)cc(C)cc2c1=O. The average molecular weight is 313 g/mol. The number of hydrogen-bond acceptors (Lipinski definition) is 1. The van der Waals surface area contributed by atoms with E-state index in [9.17, 15) is 4.79 Å². The Labute approximate surface area is 138 Å². The van der Waals surface area contributed by atoms with Gasteiger partial charge in [0, 0.05) is 11.1 Å². The third-order valence-electron chi connectivity index (χ3n) is 5.54. The molecule has 1 aliphatic rings. The van der Waals surface area contributed by atoms with Gasteiger partial charge in [0.15, 0.2) is 5.43 Å². The Morgan fingerprint density at radius 3 is 2.74 bits per heavy atom. The second-order valence-corrected chi connectivity index (χ2v) is 7.25. The van der Waals surface area contributed by atoms with Crippen molar-refractivity contribution in [1.29, 1.82) is 0 Å². The molecule has 3 nitrogen and oxygen atoms in total. The number of pyridine rings is 1. The normalized spacial score (nSPS) is 21.7. The van der Waals surface area contributed by atoms with Crippen LogP contribution in [0.15, 0.2) is 16.9 Å². The molecule has 2 N–H and O–H groups in total. The largest absolute Gasteiger partial charge is 0.358 e. The van der Waals surface area contributed by atoms with Crippen LogP contribution in [0.25, 0.3) is 10.9 Å². The van der Waals surface area contributed by atoms with Crippen molar-refractivity contribution in [3.8, 4) is 0 Å². The molecule has 2 unspecified atom stereocenters. The van der Waals surface area contributed by atoms with Gasteiger partial charge in [0.25, 0.3) is 0 Å². The number of quaternary nitrogens is 1. The summed E-state index contributed by atoms with van der Waals surface area (Å²) in [7, 11) is 0. The quantitative estimate of drug-likeness (QED) is 0.898. The van der Waals surface area contributed by atoms with Crippen molar-refractivity contribution in [3.63, 3.8) is 0 Å². The number of piperidine rings is 1. The minimum Gasteiger partial charge on any atom is -0.358 e. The van der Waals surface area contributed by atoms with Gasteiger partial charge in [0.1, 0.15) is 6.54 Å². The predicted molar refractivity (Wildman–Crippen MR) is 96.2 cm³/mol. The molecule has 1 aromatic carbocycles. The number of benzene rings is 1. The monoisotopic (exact) mass is 313 g/mol. The second-order valence-electron chi connectivity index (χ2n) is 7.25. The van der Waals surface area contributed by atoms with Gasteiger partial charge in [-0.15, -0.1) is 0 Å². The highest BCUT2D eigenvalue weighted by atomic mass is 16.1. The summed E-state index contributed by atoms with van der Waals surface area (Å²) in [4.78, 5) is 18.2. The van der Waals surface area contributed by atoms with Crippen molar-refractivity contribution >= 4 is 10.9 Å². The smallest absolute Gasteiger partial charge is 0.198 e. The molecule has 0 amide bonds. The standard InChI is InChI=1S/C20H28N2O/c1-5-16-8-6-7-9-22(16)12-18-15(4)21-19-14(3)10-13(2)11-17(19)20(18)23/h10-11,16H,5-9,12H2,1-4H3,(H,21,23)/p+1. The fourth-order valence-corrected chi connectivity index (χ4v) is 4.22. The second kappa shape index (κ2) is 6.48. The van der Waals surface area contributed by atoms with Crippen LogP contribution < -0.4 is 10.3 Å². The molecule has 1 aliphatic heterocycles. The number of H-pyrrole nitrogens is 1. The summed E-state index contributed by atoms with van der Waals surface area (Å²) in [5, 5.41) is 0.854. The Hall–Kier alpha value is -1.61. The summed E-state index contributed by atoms with van der Waals surface area (Å²) in [6.45, 7) is 10.5. The lowest BCUT2D eigenvalue weighted by Crippen LogP contribution is -3.15. The molecule has 2 aromatic rings. The van der Waals surface area contributed by atoms with Gasteiger partial charge in [-0.2, -0.15) is 0 Å². The zero-order valence-corrected chi connectivity index (χ0v) is 14.9. The zero-order valence-electron chi connectivity index (χ0n) is 14.9. The zero-order chi connectivity index (χ0) is 16.6. The van der Waals surface area contributed by atoms with Crippen molar-refractivity contribution in [2.75, 3.05) is 6.54 Å². The van der Waals surface area contributed by atoms with Gasteiger partial charge >= 0.3 is 0 Å². The number of aromatic amines is 1. The summed E-state index contributed by atoms with van der Waals surface area (Å²) in [5.41, 5.74) is 5.58. The van der Waals surface area contributed by atoms with Crippen LogP contribution in [0.4, 0.5) is 0 Å². The van der Waals surface area contributed by atoms with Gasteiger partial charge in [0.05, 0.1) is 23.7 Å². The predicted octanol–water partition coefficient (Wildman–Crippen LogP) is 2.80. The molecule has 0 aliphatic carbocycles. The number of rotatable bonds is 3. The molecule has 0 radical (unpaired) electrons. The average Bonchev–Trinajstić information content (AvgIpc) is 2.53. The van der Waals surface area contributed by atoms with Crippen LogP contribution in [-0.2, 0) is 6.54 Å². The lowest BCUT2D eigenvalue weighted by Gasteiger charge is -2.32. The highest BCUT2D eigenvalue weighted by Crippen LogP contribution is 2.18. The molecular weight excluding hydrogens is 284 g/mol. The molecule has 23 heavy (non-hydrogen) atoms. The summed E-state index contributed by atoms with van der Waals surface area (Å²) < 4.78 is 0. The van der Waals surface area contributed by atoms with E-state index in [4.69, 9.17) is 0 Å². The van der Waals surface area contributed by atoms with Crippen molar-refractivity contribution < 1.29 is 4.90 Å². The minimum atomic E-state index is 0.232. The Balaban J connectivity index is 2.05. The highest BCUT2D eigenvalue weighted by molar-refractivity contribution is 5.83. The first-order valence-corrected chi connectivity index (χ1v) is 8.98. The van der Waals surface area contributed by atoms with Gasteiger partial charge in [-0.3, -0.25) is 4.79 Å². The minimum absolute atomic E-state index is 0.232. The first-order chi connectivity index (χ1) is 11.0. The van der Waals surface area contributed by atoms with E-state index in [1.807, 2.05) is 6.07 Å². The Kier molecular flexibility index (Phi) is 4.58. The number of fused-ring (bicyclic) bond motifs is 1. The van der Waals surface area contributed by atoms with E-state index in [2.05, 4.69) is 38.7 Å². The molecule has 0 bridgehead atoms. The van der Waals surface area contributed by atoms with Crippen molar-refractivity contribution in [1.82, 2.24) is 4.98 Å². The van der Waals surface area contributed by atoms with Crippen LogP contribution in [0.3, 0.4) is 0 Å². The molecule has 3 rings (SSSR count). The van der Waals surface area contributed by atoms with E-state index in [1.54, 1.807) is 4.90 Å². The molecule has 2 heterocycles. The number of aryl methyl sites for hydroxylation is 3. The maximum absolute atomic E-state index is 13.1. The van der Waals surface area contributed by atoms with E-state index in [0.29, 0.717) is 6.04 Å². The number of hydrogen-bond donors (Lipinski definition) is 2. The fourth-order valence-electron chi connectivity index (χ4n) is 4.22. The number of nitrogens with one attached hydrogen (secondary N) is 2. The van der Waals surface area contributed by atoms with Gasteiger partial charge in [0.2, 0.25) is 0 Å².